The van der Waals surface area contributed by atoms with Crippen molar-refractivity contribution in [2.24, 2.45) is 16.8 Å². The molecule has 24 heavy (non-hydrogen) atoms. The maximum atomic E-state index is 5.58. The van der Waals surface area contributed by atoms with Gasteiger partial charge in [0.2, 0.25) is 0 Å². The molecule has 0 radical (unpaired) electrons. The fourth-order valence-corrected chi connectivity index (χ4v) is 4.03. The quantitative estimate of drug-likeness (QED) is 0.596. The number of nitrogens with zero attached hydrogens (tertiary/aromatic N) is 3. The minimum atomic E-state index is 0.149. The molecule has 2 rings (SSSR count). The minimum Gasteiger partial charge on any atom is -0.381 e. The standard InChI is InChI=1S/C19H38N4O/c1-6-20-18(23-10-7-17(14-23)13-16(2)3)21-15-19(22(4)5)8-11-24-12-9-19/h16-17H,6-15H2,1-5H3,(H,20,21). The van der Waals surface area contributed by atoms with E-state index in [2.05, 4.69) is 50.0 Å². The predicted molar refractivity (Wildman–Crippen MR) is 102 cm³/mol. The first kappa shape index (κ1) is 19.5. The summed E-state index contributed by atoms with van der Waals surface area (Å²) in [4.78, 5) is 9.89. The molecule has 0 saturated carbocycles. The molecule has 1 unspecified atom stereocenters. The third kappa shape index (κ3) is 5.09. The van der Waals surface area contributed by atoms with Crippen molar-refractivity contribution < 1.29 is 4.74 Å². The number of hydrogen-bond donors (Lipinski definition) is 1. The smallest absolute Gasteiger partial charge is 0.193 e. The molecular weight excluding hydrogens is 300 g/mol. The molecule has 2 fully saturated rings. The van der Waals surface area contributed by atoms with Gasteiger partial charge in [0.05, 0.1) is 6.54 Å². The van der Waals surface area contributed by atoms with Crippen LogP contribution in [0.3, 0.4) is 0 Å². The van der Waals surface area contributed by atoms with Crippen molar-refractivity contribution in [3.63, 3.8) is 0 Å². The molecular formula is C19H38N4O. The third-order valence-corrected chi connectivity index (χ3v) is 5.62. The van der Waals surface area contributed by atoms with Crippen molar-refractivity contribution in [2.45, 2.75) is 52.0 Å². The zero-order chi connectivity index (χ0) is 17.6. The molecule has 0 spiro atoms. The van der Waals surface area contributed by atoms with Gasteiger partial charge in [0.1, 0.15) is 0 Å². The van der Waals surface area contributed by atoms with E-state index >= 15 is 0 Å². The van der Waals surface area contributed by atoms with Crippen LogP contribution in [0.2, 0.25) is 0 Å². The number of rotatable bonds is 6. The second-order valence-electron chi connectivity index (χ2n) is 8.13. The molecule has 5 nitrogen and oxygen atoms in total. The third-order valence-electron chi connectivity index (χ3n) is 5.62. The van der Waals surface area contributed by atoms with Crippen molar-refractivity contribution in [2.75, 3.05) is 53.5 Å². The Hall–Kier alpha value is -0.810. The van der Waals surface area contributed by atoms with Crippen LogP contribution in [0.5, 0.6) is 0 Å². The van der Waals surface area contributed by atoms with Crippen molar-refractivity contribution in [1.82, 2.24) is 15.1 Å². The van der Waals surface area contributed by atoms with Crippen LogP contribution in [0, 0.1) is 11.8 Å². The van der Waals surface area contributed by atoms with Crippen LogP contribution in [-0.2, 0) is 4.74 Å². The highest BCUT2D eigenvalue weighted by molar-refractivity contribution is 5.80. The second-order valence-corrected chi connectivity index (χ2v) is 8.13. The van der Waals surface area contributed by atoms with E-state index in [1.54, 1.807) is 0 Å². The van der Waals surface area contributed by atoms with E-state index in [4.69, 9.17) is 9.73 Å². The van der Waals surface area contributed by atoms with Crippen LogP contribution in [-0.4, -0.2) is 74.8 Å². The summed E-state index contributed by atoms with van der Waals surface area (Å²) in [7, 11) is 4.37. The van der Waals surface area contributed by atoms with Gasteiger partial charge in [-0.15, -0.1) is 0 Å². The number of hydrogen-bond acceptors (Lipinski definition) is 3. The van der Waals surface area contributed by atoms with Gasteiger partial charge in [-0.05, 0) is 58.5 Å². The topological polar surface area (TPSA) is 40.1 Å². The molecule has 2 saturated heterocycles. The molecule has 140 valence electrons. The van der Waals surface area contributed by atoms with Gasteiger partial charge >= 0.3 is 0 Å². The highest BCUT2D eigenvalue weighted by Gasteiger charge is 2.35. The molecule has 0 amide bonds. The summed E-state index contributed by atoms with van der Waals surface area (Å²) in [5.74, 6) is 2.71. The van der Waals surface area contributed by atoms with Gasteiger partial charge in [-0.2, -0.15) is 0 Å². The van der Waals surface area contributed by atoms with Gasteiger partial charge in [0.25, 0.3) is 0 Å². The van der Waals surface area contributed by atoms with Crippen LogP contribution >= 0.6 is 0 Å². The fourth-order valence-electron chi connectivity index (χ4n) is 4.03. The molecule has 2 aliphatic rings. The predicted octanol–water partition coefficient (Wildman–Crippen LogP) is 2.43. The van der Waals surface area contributed by atoms with E-state index in [9.17, 15) is 0 Å². The average molecular weight is 339 g/mol. The van der Waals surface area contributed by atoms with Gasteiger partial charge in [0, 0.05) is 38.4 Å². The number of likely N-dealkylation sites (tertiary alicyclic amines) is 1. The zero-order valence-corrected chi connectivity index (χ0v) is 16.5. The average Bonchev–Trinajstić information content (AvgIpc) is 2.99. The van der Waals surface area contributed by atoms with E-state index in [1.807, 2.05) is 0 Å². The first-order chi connectivity index (χ1) is 11.5. The lowest BCUT2D eigenvalue weighted by molar-refractivity contribution is -0.00263. The van der Waals surface area contributed by atoms with Crippen molar-refractivity contribution >= 4 is 5.96 Å². The Labute approximate surface area is 148 Å². The summed E-state index contributed by atoms with van der Waals surface area (Å²) in [6, 6.07) is 0. The van der Waals surface area contributed by atoms with Crippen LogP contribution in [0.4, 0.5) is 0 Å². The Morgan fingerprint density at radius 1 is 1.33 bits per heavy atom. The largest absolute Gasteiger partial charge is 0.381 e. The van der Waals surface area contributed by atoms with Crippen molar-refractivity contribution in [1.29, 1.82) is 0 Å². The summed E-state index contributed by atoms with van der Waals surface area (Å²) >= 11 is 0. The lowest BCUT2D eigenvalue weighted by Crippen LogP contribution is -2.52. The van der Waals surface area contributed by atoms with E-state index in [0.717, 1.165) is 70.0 Å². The van der Waals surface area contributed by atoms with Crippen LogP contribution in [0.25, 0.3) is 0 Å². The number of likely N-dealkylation sites (N-methyl/N-ethyl adjacent to an activating group) is 1. The molecule has 0 aromatic carbocycles. The van der Waals surface area contributed by atoms with Gasteiger partial charge in [-0.1, -0.05) is 13.8 Å². The lowest BCUT2D eigenvalue weighted by atomic mass is 9.89. The van der Waals surface area contributed by atoms with Gasteiger partial charge in [-0.25, -0.2) is 0 Å². The molecule has 2 heterocycles. The summed E-state index contributed by atoms with van der Waals surface area (Å²) in [6.45, 7) is 12.6. The fraction of sp³-hybridized carbons (Fsp3) is 0.947. The van der Waals surface area contributed by atoms with E-state index in [0.29, 0.717) is 0 Å². The highest BCUT2D eigenvalue weighted by atomic mass is 16.5. The Balaban J connectivity index is 2.02. The Bertz CT molecular complexity index is 402. The van der Waals surface area contributed by atoms with Crippen molar-refractivity contribution in [3.8, 4) is 0 Å². The molecule has 1 N–H and O–H groups in total. The second kappa shape index (κ2) is 9.04. The van der Waals surface area contributed by atoms with Gasteiger partial charge in [0.15, 0.2) is 5.96 Å². The van der Waals surface area contributed by atoms with Gasteiger partial charge in [-0.3, -0.25) is 4.99 Å². The van der Waals surface area contributed by atoms with Crippen LogP contribution in [0.15, 0.2) is 4.99 Å². The lowest BCUT2D eigenvalue weighted by Gasteiger charge is -2.42. The molecule has 5 heteroatoms. The minimum absolute atomic E-state index is 0.149. The molecule has 0 aromatic heterocycles. The zero-order valence-electron chi connectivity index (χ0n) is 16.5. The summed E-state index contributed by atoms with van der Waals surface area (Å²) in [5.41, 5.74) is 0.149. The molecule has 1 atom stereocenters. The normalized spacial score (nSPS) is 24.9. The highest BCUT2D eigenvalue weighted by Crippen LogP contribution is 2.27. The van der Waals surface area contributed by atoms with E-state index in [1.165, 1.54) is 12.8 Å². The molecule has 0 aliphatic carbocycles. The Morgan fingerprint density at radius 2 is 2.04 bits per heavy atom. The van der Waals surface area contributed by atoms with Crippen molar-refractivity contribution in [3.05, 3.63) is 0 Å². The first-order valence-corrected chi connectivity index (χ1v) is 9.75. The SMILES string of the molecule is CCNC(=NCC1(N(C)C)CCOCC1)N1CCC(CC(C)C)C1. The molecule has 0 aromatic rings. The molecule has 0 bridgehead atoms. The summed E-state index contributed by atoms with van der Waals surface area (Å²) in [5, 5.41) is 3.52. The molecule has 2 aliphatic heterocycles. The van der Waals surface area contributed by atoms with E-state index < -0.39 is 0 Å². The Kier molecular flexibility index (Phi) is 7.35. The number of nitrogens with one attached hydrogen (secondary N) is 1. The maximum Gasteiger partial charge on any atom is 0.193 e. The van der Waals surface area contributed by atoms with Crippen LogP contribution in [0.1, 0.15) is 46.5 Å². The van der Waals surface area contributed by atoms with Crippen LogP contribution < -0.4 is 5.32 Å². The number of ether oxygens (including phenoxy) is 1. The van der Waals surface area contributed by atoms with Gasteiger partial charge < -0.3 is 19.9 Å². The van der Waals surface area contributed by atoms with E-state index in [-0.39, 0.29) is 5.54 Å². The summed E-state index contributed by atoms with van der Waals surface area (Å²) < 4.78 is 5.58. The summed E-state index contributed by atoms with van der Waals surface area (Å²) in [6.07, 6.45) is 4.77. The first-order valence-electron chi connectivity index (χ1n) is 9.75. The monoisotopic (exact) mass is 338 g/mol. The number of aliphatic imine (C=N–C) groups is 1. The number of guanidine groups is 1. The maximum absolute atomic E-state index is 5.58. The Morgan fingerprint density at radius 3 is 2.62 bits per heavy atom.